The summed E-state index contributed by atoms with van der Waals surface area (Å²) in [4.78, 5) is 0. The summed E-state index contributed by atoms with van der Waals surface area (Å²) in [7, 11) is -3.51. The van der Waals surface area contributed by atoms with E-state index in [1.165, 1.54) is 4.31 Å². The molecule has 0 bridgehead atoms. The van der Waals surface area contributed by atoms with Crippen LogP contribution in [0.4, 0.5) is 5.69 Å². The van der Waals surface area contributed by atoms with Gasteiger partial charge in [-0.1, -0.05) is 0 Å². The molecule has 0 spiro atoms. The molecule has 0 amide bonds. The first-order valence-corrected chi connectivity index (χ1v) is 8.97. The van der Waals surface area contributed by atoms with Crippen molar-refractivity contribution in [3.05, 3.63) is 36.0 Å². The molecule has 1 atom stereocenters. The van der Waals surface area contributed by atoms with E-state index in [1.807, 2.05) is 13.8 Å². The molecule has 8 heteroatoms. The number of hydrogen-bond acceptors (Lipinski definition) is 4. The minimum atomic E-state index is -3.51. The lowest BCUT2D eigenvalue weighted by Gasteiger charge is -2.21. The Labute approximate surface area is 135 Å². The SMILES string of the molecule is Cc1cc(Oc2ccc(NS(=O)(=O)N3CCCC3C)cc2)n[nH]1. The van der Waals surface area contributed by atoms with Crippen molar-refractivity contribution in [1.82, 2.24) is 14.5 Å². The molecule has 1 aromatic carbocycles. The molecule has 2 aromatic rings. The summed E-state index contributed by atoms with van der Waals surface area (Å²) in [5.41, 5.74) is 1.42. The molecule has 1 unspecified atom stereocenters. The smallest absolute Gasteiger partial charge is 0.301 e. The van der Waals surface area contributed by atoms with E-state index in [2.05, 4.69) is 14.9 Å². The fourth-order valence-corrected chi connectivity index (χ4v) is 4.13. The monoisotopic (exact) mass is 336 g/mol. The first-order chi connectivity index (χ1) is 10.9. The number of nitrogens with zero attached hydrogens (tertiary/aromatic N) is 2. The second-order valence-corrected chi connectivity index (χ2v) is 7.35. The number of H-pyrrole nitrogens is 1. The van der Waals surface area contributed by atoms with E-state index in [1.54, 1.807) is 30.3 Å². The maximum Gasteiger partial charge on any atom is 0.301 e. The minimum absolute atomic E-state index is 0.0398. The van der Waals surface area contributed by atoms with E-state index in [0.29, 0.717) is 23.9 Å². The van der Waals surface area contributed by atoms with Gasteiger partial charge in [0, 0.05) is 24.3 Å². The molecular formula is C15H20N4O3S. The van der Waals surface area contributed by atoms with Crippen LogP contribution in [0.15, 0.2) is 30.3 Å². The Kier molecular flexibility index (Phi) is 4.27. The van der Waals surface area contributed by atoms with Crippen molar-refractivity contribution in [3.8, 4) is 11.6 Å². The van der Waals surface area contributed by atoms with Gasteiger partial charge in [-0.25, -0.2) is 0 Å². The number of hydrogen-bond donors (Lipinski definition) is 2. The molecule has 1 aliphatic rings. The van der Waals surface area contributed by atoms with Crippen LogP contribution in [0.2, 0.25) is 0 Å². The Balaban J connectivity index is 1.67. The van der Waals surface area contributed by atoms with Crippen molar-refractivity contribution in [1.29, 1.82) is 0 Å². The van der Waals surface area contributed by atoms with E-state index in [9.17, 15) is 8.42 Å². The molecule has 124 valence electrons. The largest absolute Gasteiger partial charge is 0.438 e. The van der Waals surface area contributed by atoms with Crippen molar-refractivity contribution in [2.24, 2.45) is 0 Å². The van der Waals surface area contributed by atoms with Crippen molar-refractivity contribution in [2.45, 2.75) is 32.7 Å². The number of aromatic nitrogens is 2. The molecule has 2 heterocycles. The van der Waals surface area contributed by atoms with E-state index < -0.39 is 10.2 Å². The third kappa shape index (κ3) is 3.65. The average Bonchev–Trinajstić information content (AvgIpc) is 3.10. The Hall–Kier alpha value is -2.06. The number of aromatic amines is 1. The Morgan fingerprint density at radius 3 is 2.65 bits per heavy atom. The van der Waals surface area contributed by atoms with Crippen molar-refractivity contribution >= 4 is 15.9 Å². The number of rotatable bonds is 5. The zero-order valence-electron chi connectivity index (χ0n) is 13.1. The van der Waals surface area contributed by atoms with E-state index in [0.717, 1.165) is 18.5 Å². The van der Waals surface area contributed by atoms with Crippen LogP contribution in [0.1, 0.15) is 25.5 Å². The highest BCUT2D eigenvalue weighted by atomic mass is 32.2. The second-order valence-electron chi connectivity index (χ2n) is 5.72. The van der Waals surface area contributed by atoms with Gasteiger partial charge in [0.1, 0.15) is 5.75 Å². The zero-order valence-corrected chi connectivity index (χ0v) is 13.9. The van der Waals surface area contributed by atoms with Gasteiger partial charge in [0.15, 0.2) is 0 Å². The molecule has 1 aliphatic heterocycles. The minimum Gasteiger partial charge on any atom is -0.438 e. The van der Waals surface area contributed by atoms with E-state index >= 15 is 0 Å². The maximum atomic E-state index is 12.4. The highest BCUT2D eigenvalue weighted by Crippen LogP contribution is 2.25. The van der Waals surface area contributed by atoms with E-state index in [-0.39, 0.29) is 6.04 Å². The molecule has 0 aliphatic carbocycles. The summed E-state index contributed by atoms with van der Waals surface area (Å²) in [6, 6.07) is 8.58. The van der Waals surface area contributed by atoms with Crippen molar-refractivity contribution in [2.75, 3.05) is 11.3 Å². The number of ether oxygens (including phenoxy) is 1. The standard InChI is InChI=1S/C15H20N4O3S/c1-11-10-15(17-16-11)22-14-7-5-13(6-8-14)18-23(20,21)19-9-3-4-12(19)2/h5-8,10,12,18H,3-4,9H2,1-2H3,(H,16,17). The van der Waals surface area contributed by atoms with Crippen LogP contribution >= 0.6 is 0 Å². The average molecular weight is 336 g/mol. The predicted molar refractivity (Wildman–Crippen MR) is 87.8 cm³/mol. The van der Waals surface area contributed by atoms with Crippen LogP contribution in [0.5, 0.6) is 11.6 Å². The number of benzene rings is 1. The van der Waals surface area contributed by atoms with Crippen LogP contribution < -0.4 is 9.46 Å². The number of aryl methyl sites for hydroxylation is 1. The fraction of sp³-hybridized carbons (Fsp3) is 0.400. The van der Waals surface area contributed by atoms with Gasteiger partial charge in [0.25, 0.3) is 0 Å². The third-order valence-electron chi connectivity index (χ3n) is 3.81. The van der Waals surface area contributed by atoms with Crippen LogP contribution in [0, 0.1) is 6.92 Å². The lowest BCUT2D eigenvalue weighted by atomic mass is 10.3. The van der Waals surface area contributed by atoms with Gasteiger partial charge in [-0.05, 0) is 51.0 Å². The van der Waals surface area contributed by atoms with Gasteiger partial charge in [-0.15, -0.1) is 5.10 Å². The quantitative estimate of drug-likeness (QED) is 0.879. The molecule has 7 nitrogen and oxygen atoms in total. The zero-order chi connectivity index (χ0) is 16.4. The normalized spacial score (nSPS) is 19.0. The highest BCUT2D eigenvalue weighted by Gasteiger charge is 2.31. The molecule has 0 saturated carbocycles. The molecule has 3 rings (SSSR count). The topological polar surface area (TPSA) is 87.3 Å². The maximum absolute atomic E-state index is 12.4. The second kappa shape index (κ2) is 6.21. The van der Waals surface area contributed by atoms with Gasteiger partial charge in [0.05, 0.1) is 5.69 Å². The van der Waals surface area contributed by atoms with Gasteiger partial charge in [-0.3, -0.25) is 9.82 Å². The van der Waals surface area contributed by atoms with Crippen LogP contribution in [-0.4, -0.2) is 35.5 Å². The van der Waals surface area contributed by atoms with Crippen molar-refractivity contribution < 1.29 is 13.2 Å². The molecular weight excluding hydrogens is 316 g/mol. The molecule has 1 fully saturated rings. The summed E-state index contributed by atoms with van der Waals surface area (Å²) in [6.07, 6.45) is 1.80. The van der Waals surface area contributed by atoms with Crippen LogP contribution in [-0.2, 0) is 10.2 Å². The molecule has 23 heavy (non-hydrogen) atoms. The Bertz CT molecular complexity index is 770. The Morgan fingerprint density at radius 2 is 2.09 bits per heavy atom. The molecule has 1 saturated heterocycles. The van der Waals surface area contributed by atoms with E-state index in [4.69, 9.17) is 4.74 Å². The van der Waals surface area contributed by atoms with Gasteiger partial charge in [0.2, 0.25) is 5.88 Å². The van der Waals surface area contributed by atoms with Gasteiger partial charge in [-0.2, -0.15) is 12.7 Å². The lowest BCUT2D eigenvalue weighted by Crippen LogP contribution is -2.37. The fourth-order valence-electron chi connectivity index (χ4n) is 2.63. The summed E-state index contributed by atoms with van der Waals surface area (Å²) >= 11 is 0. The number of nitrogens with one attached hydrogen (secondary N) is 2. The molecule has 2 N–H and O–H groups in total. The summed E-state index contributed by atoms with van der Waals surface area (Å²) in [5, 5.41) is 6.78. The lowest BCUT2D eigenvalue weighted by molar-refractivity contribution is 0.412. The third-order valence-corrected chi connectivity index (χ3v) is 5.46. The molecule has 0 radical (unpaired) electrons. The number of anilines is 1. The van der Waals surface area contributed by atoms with Gasteiger partial charge >= 0.3 is 10.2 Å². The Morgan fingerprint density at radius 1 is 1.35 bits per heavy atom. The summed E-state index contributed by atoms with van der Waals surface area (Å²) in [5.74, 6) is 1.07. The van der Waals surface area contributed by atoms with Gasteiger partial charge < -0.3 is 4.74 Å². The molecule has 1 aromatic heterocycles. The summed E-state index contributed by atoms with van der Waals surface area (Å²) < 4.78 is 34.4. The first kappa shape index (κ1) is 15.8. The van der Waals surface area contributed by atoms with Crippen LogP contribution in [0.25, 0.3) is 0 Å². The van der Waals surface area contributed by atoms with Crippen LogP contribution in [0.3, 0.4) is 0 Å². The first-order valence-electron chi connectivity index (χ1n) is 7.53. The summed E-state index contributed by atoms with van der Waals surface area (Å²) in [6.45, 7) is 4.38. The van der Waals surface area contributed by atoms with Crippen molar-refractivity contribution in [3.63, 3.8) is 0 Å². The predicted octanol–water partition coefficient (Wildman–Crippen LogP) is 2.65. The highest BCUT2D eigenvalue weighted by molar-refractivity contribution is 7.90.